The van der Waals surface area contributed by atoms with Gasteiger partial charge in [0.25, 0.3) is 0 Å². The maximum atomic E-state index is 13.2. The lowest BCUT2D eigenvalue weighted by atomic mass is 10.0. The van der Waals surface area contributed by atoms with E-state index >= 15 is 0 Å². The fourth-order valence-corrected chi connectivity index (χ4v) is 1.48. The molecule has 0 saturated heterocycles. The van der Waals surface area contributed by atoms with Crippen LogP contribution in [0.1, 0.15) is 24.4 Å². The number of hydrogen-bond acceptors (Lipinski definition) is 4. The van der Waals surface area contributed by atoms with E-state index < -0.39 is 28.2 Å². The standard InChI is InChI=1S/C11H13FN2O3.ClH/c1-2-3-4-9(13)8-5-7(12)6-10(11(8)15)14(16)17;/h2,5-6,9,15H,1,3-4,13H2;1H/t9-;/m0./s1. The molecule has 18 heavy (non-hydrogen) atoms. The first kappa shape index (κ1) is 16.3. The van der Waals surface area contributed by atoms with Crippen LogP contribution in [0.25, 0.3) is 0 Å². The van der Waals surface area contributed by atoms with Gasteiger partial charge in [-0.2, -0.15) is 0 Å². The smallest absolute Gasteiger partial charge is 0.313 e. The Bertz CT molecular complexity index is 454. The average Bonchev–Trinajstić information content (AvgIpc) is 2.28. The number of phenolic OH excluding ortho intramolecular Hbond substituents is 1. The third kappa shape index (κ3) is 3.68. The first-order chi connectivity index (χ1) is 7.97. The molecule has 5 nitrogen and oxygen atoms in total. The Morgan fingerprint density at radius 3 is 2.72 bits per heavy atom. The molecule has 0 aromatic heterocycles. The summed E-state index contributed by atoms with van der Waals surface area (Å²) in [5, 5.41) is 20.2. The van der Waals surface area contributed by atoms with Gasteiger partial charge in [0.2, 0.25) is 0 Å². The summed E-state index contributed by atoms with van der Waals surface area (Å²) in [7, 11) is 0. The second-order valence-corrected chi connectivity index (χ2v) is 3.59. The van der Waals surface area contributed by atoms with Gasteiger partial charge in [-0.15, -0.1) is 19.0 Å². The molecular weight excluding hydrogens is 263 g/mol. The van der Waals surface area contributed by atoms with E-state index in [9.17, 15) is 19.6 Å². The average molecular weight is 277 g/mol. The maximum absolute atomic E-state index is 13.2. The Balaban J connectivity index is 0.00000289. The van der Waals surface area contributed by atoms with Crippen LogP contribution in [0.3, 0.4) is 0 Å². The highest BCUT2D eigenvalue weighted by Crippen LogP contribution is 2.35. The number of rotatable bonds is 5. The van der Waals surface area contributed by atoms with Gasteiger partial charge in [0.15, 0.2) is 5.75 Å². The Labute approximate surface area is 110 Å². The Morgan fingerprint density at radius 1 is 1.61 bits per heavy atom. The number of nitro groups is 1. The number of aromatic hydroxyl groups is 1. The number of nitrogens with zero attached hydrogens (tertiary/aromatic N) is 1. The van der Waals surface area contributed by atoms with Crippen molar-refractivity contribution in [2.75, 3.05) is 0 Å². The molecule has 1 atom stereocenters. The lowest BCUT2D eigenvalue weighted by Gasteiger charge is -2.12. The third-order valence-corrected chi connectivity index (χ3v) is 2.36. The van der Waals surface area contributed by atoms with E-state index in [1.54, 1.807) is 6.08 Å². The topological polar surface area (TPSA) is 89.4 Å². The van der Waals surface area contributed by atoms with Gasteiger partial charge >= 0.3 is 5.69 Å². The SMILES string of the molecule is C=CCC[C@H](N)c1cc(F)cc([N+](=O)[O-])c1O.Cl. The summed E-state index contributed by atoms with van der Waals surface area (Å²) in [4.78, 5) is 9.74. The molecule has 1 aromatic carbocycles. The molecule has 0 spiro atoms. The van der Waals surface area contributed by atoms with Crippen molar-refractivity contribution in [3.63, 3.8) is 0 Å². The minimum Gasteiger partial charge on any atom is -0.502 e. The normalized spacial score (nSPS) is 11.4. The molecule has 0 aliphatic rings. The molecule has 1 aromatic rings. The van der Waals surface area contributed by atoms with Gasteiger partial charge in [-0.3, -0.25) is 10.1 Å². The third-order valence-electron chi connectivity index (χ3n) is 2.36. The molecule has 0 bridgehead atoms. The van der Waals surface area contributed by atoms with Gasteiger partial charge in [-0.05, 0) is 18.9 Å². The van der Waals surface area contributed by atoms with Crippen LogP contribution in [0.2, 0.25) is 0 Å². The zero-order valence-electron chi connectivity index (χ0n) is 9.51. The lowest BCUT2D eigenvalue weighted by Crippen LogP contribution is -2.11. The number of halogens is 2. The molecule has 1 rings (SSSR count). The van der Waals surface area contributed by atoms with Crippen molar-refractivity contribution in [1.29, 1.82) is 0 Å². The molecule has 0 radical (unpaired) electrons. The predicted molar refractivity (Wildman–Crippen MR) is 68.3 cm³/mol. The van der Waals surface area contributed by atoms with Crippen molar-refractivity contribution >= 4 is 18.1 Å². The Kier molecular flexibility index (Phi) is 6.29. The summed E-state index contributed by atoms with van der Waals surface area (Å²) in [6.45, 7) is 3.51. The molecule has 0 unspecified atom stereocenters. The fourth-order valence-electron chi connectivity index (χ4n) is 1.48. The monoisotopic (exact) mass is 276 g/mol. The highest BCUT2D eigenvalue weighted by Gasteiger charge is 2.22. The van der Waals surface area contributed by atoms with Gasteiger partial charge in [-0.1, -0.05) is 6.08 Å². The minimum atomic E-state index is -0.845. The highest BCUT2D eigenvalue weighted by molar-refractivity contribution is 5.85. The molecule has 0 amide bonds. The number of hydrogen-bond donors (Lipinski definition) is 2. The van der Waals surface area contributed by atoms with E-state index in [1.807, 2.05) is 0 Å². The molecule has 0 heterocycles. The van der Waals surface area contributed by atoms with Crippen molar-refractivity contribution < 1.29 is 14.4 Å². The van der Waals surface area contributed by atoms with Crippen LogP contribution in [-0.4, -0.2) is 10.0 Å². The van der Waals surface area contributed by atoms with Crippen LogP contribution in [0.5, 0.6) is 5.75 Å². The van der Waals surface area contributed by atoms with Crippen LogP contribution < -0.4 is 5.73 Å². The number of benzene rings is 1. The first-order valence-corrected chi connectivity index (χ1v) is 5.00. The second kappa shape index (κ2) is 6.93. The van der Waals surface area contributed by atoms with Crippen molar-refractivity contribution in [3.8, 4) is 5.75 Å². The molecule has 0 aliphatic carbocycles. The molecule has 0 saturated carbocycles. The Morgan fingerprint density at radius 2 is 2.22 bits per heavy atom. The van der Waals surface area contributed by atoms with E-state index in [4.69, 9.17) is 5.73 Å². The molecule has 7 heteroatoms. The van der Waals surface area contributed by atoms with Crippen LogP contribution in [0.4, 0.5) is 10.1 Å². The van der Waals surface area contributed by atoms with Crippen molar-refractivity contribution in [2.45, 2.75) is 18.9 Å². The highest BCUT2D eigenvalue weighted by atomic mass is 35.5. The summed E-state index contributed by atoms with van der Waals surface area (Å²) in [6, 6.07) is 1.01. The number of phenols is 1. The Hall–Kier alpha value is -1.66. The first-order valence-electron chi connectivity index (χ1n) is 5.00. The van der Waals surface area contributed by atoms with Gasteiger partial charge in [-0.25, -0.2) is 4.39 Å². The maximum Gasteiger partial charge on any atom is 0.313 e. The molecule has 3 N–H and O–H groups in total. The zero-order valence-corrected chi connectivity index (χ0v) is 10.3. The van der Waals surface area contributed by atoms with Crippen molar-refractivity contribution in [1.82, 2.24) is 0 Å². The van der Waals surface area contributed by atoms with Crippen molar-refractivity contribution in [2.24, 2.45) is 5.73 Å². The van der Waals surface area contributed by atoms with E-state index in [-0.39, 0.29) is 18.0 Å². The van der Waals surface area contributed by atoms with Gasteiger partial charge in [0.1, 0.15) is 5.82 Å². The van der Waals surface area contributed by atoms with E-state index in [1.165, 1.54) is 0 Å². The van der Waals surface area contributed by atoms with E-state index in [2.05, 4.69) is 6.58 Å². The molecule has 0 fully saturated rings. The number of nitrogens with two attached hydrogens (primary N) is 1. The molecular formula is C11H14ClFN2O3. The van der Waals surface area contributed by atoms with Crippen LogP contribution in [-0.2, 0) is 0 Å². The summed E-state index contributed by atoms with van der Waals surface area (Å²) in [6.07, 6.45) is 2.63. The number of nitro benzene ring substituents is 1. The molecule has 0 aliphatic heterocycles. The van der Waals surface area contributed by atoms with Gasteiger partial charge < -0.3 is 10.8 Å². The summed E-state index contributed by atoms with van der Waals surface area (Å²) >= 11 is 0. The molecule has 100 valence electrons. The zero-order chi connectivity index (χ0) is 13.0. The summed E-state index contributed by atoms with van der Waals surface area (Å²) < 4.78 is 13.2. The van der Waals surface area contributed by atoms with Gasteiger partial charge in [0, 0.05) is 11.6 Å². The number of allylic oxidation sites excluding steroid dienone is 1. The van der Waals surface area contributed by atoms with Crippen LogP contribution >= 0.6 is 12.4 Å². The fraction of sp³-hybridized carbons (Fsp3) is 0.273. The van der Waals surface area contributed by atoms with Crippen molar-refractivity contribution in [3.05, 3.63) is 46.3 Å². The van der Waals surface area contributed by atoms with Gasteiger partial charge in [0.05, 0.1) is 11.0 Å². The minimum absolute atomic E-state index is 0. The lowest BCUT2D eigenvalue weighted by molar-refractivity contribution is -0.386. The summed E-state index contributed by atoms with van der Waals surface area (Å²) in [5.74, 6) is -1.37. The van der Waals surface area contributed by atoms with E-state index in [0.717, 1.165) is 6.07 Å². The largest absolute Gasteiger partial charge is 0.502 e. The van der Waals surface area contributed by atoms with Crippen LogP contribution in [0, 0.1) is 15.9 Å². The van der Waals surface area contributed by atoms with E-state index in [0.29, 0.717) is 18.9 Å². The summed E-state index contributed by atoms with van der Waals surface area (Å²) in [5.41, 5.74) is 5.09. The predicted octanol–water partition coefficient (Wildman–Crippen LogP) is 2.83. The quantitative estimate of drug-likeness (QED) is 0.491. The van der Waals surface area contributed by atoms with Crippen LogP contribution in [0.15, 0.2) is 24.8 Å². The second-order valence-electron chi connectivity index (χ2n) is 3.59.